The minimum Gasteiger partial charge on any atom is -0.283 e. The maximum Gasteiger partial charge on any atom is 0.183 e. The van der Waals surface area contributed by atoms with Crippen LogP contribution in [0.15, 0.2) is 66.7 Å². The van der Waals surface area contributed by atoms with Crippen LogP contribution in [-0.2, 0) is 19.3 Å². The molecule has 5 heterocycles. The summed E-state index contributed by atoms with van der Waals surface area (Å²) in [5.74, 6) is 0.419. The summed E-state index contributed by atoms with van der Waals surface area (Å²) in [4.78, 5) is 16.3. The fourth-order valence-electron chi connectivity index (χ4n) is 6.62. The van der Waals surface area contributed by atoms with Crippen molar-refractivity contribution in [2.24, 2.45) is 5.92 Å². The van der Waals surface area contributed by atoms with E-state index in [2.05, 4.69) is 64.2 Å². The highest BCUT2D eigenvalue weighted by atomic mass is 32.1. The first kappa shape index (κ1) is 34.5. The molecule has 5 aromatic heterocycles. The van der Waals surface area contributed by atoms with Crippen molar-refractivity contribution in [1.29, 1.82) is 5.26 Å². The zero-order valence-corrected chi connectivity index (χ0v) is 32.7. The van der Waals surface area contributed by atoms with E-state index in [0.717, 1.165) is 116 Å². The quantitative estimate of drug-likeness (QED) is 0.102. The van der Waals surface area contributed by atoms with Gasteiger partial charge in [-0.05, 0) is 85.2 Å². The molecule has 8 aromatic rings. The second kappa shape index (κ2) is 14.1. The maximum absolute atomic E-state index is 15.4. The number of anilines is 1. The van der Waals surface area contributed by atoms with Gasteiger partial charge in [-0.3, -0.25) is 4.90 Å². The number of hydrogen-bond donors (Lipinski definition) is 0. The molecule has 0 bridgehead atoms. The second-order valence-electron chi connectivity index (χ2n) is 13.3. The van der Waals surface area contributed by atoms with Crippen LogP contribution in [0.25, 0.3) is 73.2 Å². The van der Waals surface area contributed by atoms with E-state index < -0.39 is 0 Å². The van der Waals surface area contributed by atoms with Crippen LogP contribution in [0.2, 0.25) is 0 Å². The number of benzene rings is 3. The minimum atomic E-state index is -0.165. The molecule has 0 aliphatic rings. The van der Waals surface area contributed by atoms with Crippen molar-refractivity contribution < 1.29 is 4.39 Å². The van der Waals surface area contributed by atoms with Gasteiger partial charge in [-0.2, -0.15) is 14.0 Å². The molecule has 0 saturated heterocycles. The van der Waals surface area contributed by atoms with Crippen LogP contribution >= 0.6 is 45.7 Å². The van der Waals surface area contributed by atoms with Gasteiger partial charge in [0, 0.05) is 52.6 Å². The Kier molecular flexibility index (Phi) is 9.34. The molecule has 0 unspecified atom stereocenters. The fraction of sp³-hybridized carbons (Fsp3) is 0.244. The largest absolute Gasteiger partial charge is 0.283 e. The topological polar surface area (TPSA) is 78.6 Å². The van der Waals surface area contributed by atoms with Crippen molar-refractivity contribution >= 4 is 82.9 Å². The Morgan fingerprint density at radius 2 is 1.35 bits per heavy atom. The van der Waals surface area contributed by atoms with Crippen molar-refractivity contribution in [2.45, 2.75) is 53.4 Å². The summed E-state index contributed by atoms with van der Waals surface area (Å²) >= 11 is 6.21. The maximum atomic E-state index is 15.4. The standard InChI is InChI=1S/C41H35FN6S4/c1-6-28-29(7-2)45-39-37(35-20-34-33(51-35)19-32(50-34)26-15-10-23(18-27(26)42)9-8-22(3)4)41-40(46-52-47-41)36(38(39)44-28)31-17-16-30(49-31)24-11-13-25(14-12-24)48(5)21-43/h10-20,22H,6-9H2,1-5H3. The Labute approximate surface area is 318 Å². The third kappa shape index (κ3) is 6.17. The first-order chi connectivity index (χ1) is 25.3. The van der Waals surface area contributed by atoms with E-state index in [1.54, 1.807) is 52.0 Å². The number of rotatable bonds is 10. The highest BCUT2D eigenvalue weighted by molar-refractivity contribution is 7.31. The first-order valence-corrected chi connectivity index (χ1v) is 20.6. The van der Waals surface area contributed by atoms with Crippen molar-refractivity contribution in [2.75, 3.05) is 11.9 Å². The van der Waals surface area contributed by atoms with Gasteiger partial charge in [0.25, 0.3) is 0 Å². The highest BCUT2D eigenvalue weighted by Crippen LogP contribution is 2.49. The van der Waals surface area contributed by atoms with Crippen molar-refractivity contribution in [3.8, 4) is 48.0 Å². The van der Waals surface area contributed by atoms with Gasteiger partial charge in [-0.25, -0.2) is 14.4 Å². The van der Waals surface area contributed by atoms with E-state index in [1.165, 1.54) is 11.7 Å². The van der Waals surface area contributed by atoms with Crippen LogP contribution in [0.1, 0.15) is 51.1 Å². The van der Waals surface area contributed by atoms with E-state index in [4.69, 9.17) is 18.7 Å². The Balaban J connectivity index is 1.24. The Morgan fingerprint density at radius 3 is 1.96 bits per heavy atom. The first-order valence-electron chi connectivity index (χ1n) is 17.4. The third-order valence-electron chi connectivity index (χ3n) is 9.46. The van der Waals surface area contributed by atoms with Crippen LogP contribution in [0.4, 0.5) is 10.1 Å². The lowest BCUT2D eigenvalue weighted by molar-refractivity contribution is 0.582. The number of nitriles is 1. The third-order valence-corrected chi connectivity index (χ3v) is 13.5. The summed E-state index contributed by atoms with van der Waals surface area (Å²) < 4.78 is 27.4. The molecular weight excluding hydrogens is 724 g/mol. The number of thiophene rings is 3. The summed E-state index contributed by atoms with van der Waals surface area (Å²) in [6.07, 6.45) is 5.64. The Hall–Kier alpha value is -4.60. The number of aryl methyl sites for hydroxylation is 3. The van der Waals surface area contributed by atoms with Crippen molar-refractivity contribution in [3.05, 3.63) is 89.5 Å². The van der Waals surface area contributed by atoms with Gasteiger partial charge in [-0.1, -0.05) is 52.0 Å². The van der Waals surface area contributed by atoms with E-state index in [0.29, 0.717) is 11.5 Å². The molecule has 0 fully saturated rings. The number of hydrogen-bond acceptors (Lipinski definition) is 10. The van der Waals surface area contributed by atoms with Crippen LogP contribution < -0.4 is 4.90 Å². The van der Waals surface area contributed by atoms with E-state index >= 15 is 4.39 Å². The van der Waals surface area contributed by atoms with Gasteiger partial charge < -0.3 is 0 Å². The lowest BCUT2D eigenvalue weighted by Gasteiger charge is -2.13. The van der Waals surface area contributed by atoms with E-state index in [9.17, 15) is 5.26 Å². The summed E-state index contributed by atoms with van der Waals surface area (Å²) in [6.45, 7) is 8.65. The lowest BCUT2D eigenvalue weighted by Crippen LogP contribution is -2.07. The minimum absolute atomic E-state index is 0.165. The molecule has 0 aliphatic heterocycles. The van der Waals surface area contributed by atoms with Gasteiger partial charge in [0.2, 0.25) is 0 Å². The molecule has 0 aliphatic carbocycles. The number of aromatic nitrogens is 4. The van der Waals surface area contributed by atoms with E-state index in [1.807, 2.05) is 30.3 Å². The molecule has 0 amide bonds. The van der Waals surface area contributed by atoms with Crippen molar-refractivity contribution in [1.82, 2.24) is 18.7 Å². The summed E-state index contributed by atoms with van der Waals surface area (Å²) in [7, 11) is 1.75. The molecule has 0 radical (unpaired) electrons. The molecule has 260 valence electrons. The molecule has 6 nitrogen and oxygen atoms in total. The van der Waals surface area contributed by atoms with Crippen LogP contribution in [-0.4, -0.2) is 25.8 Å². The Morgan fingerprint density at radius 1 is 0.731 bits per heavy atom. The summed E-state index contributed by atoms with van der Waals surface area (Å²) in [5.41, 5.74) is 10.8. The lowest BCUT2D eigenvalue weighted by atomic mass is 10.0. The number of nitrogens with zero attached hydrogens (tertiary/aromatic N) is 6. The van der Waals surface area contributed by atoms with Crippen LogP contribution in [0.5, 0.6) is 0 Å². The smallest absolute Gasteiger partial charge is 0.183 e. The van der Waals surface area contributed by atoms with Crippen LogP contribution in [0.3, 0.4) is 0 Å². The molecule has 0 spiro atoms. The van der Waals surface area contributed by atoms with Crippen molar-refractivity contribution in [3.63, 3.8) is 0 Å². The zero-order chi connectivity index (χ0) is 36.1. The molecule has 8 rings (SSSR count). The normalized spacial score (nSPS) is 11.7. The molecule has 3 aromatic carbocycles. The predicted molar refractivity (Wildman–Crippen MR) is 219 cm³/mol. The molecule has 11 heteroatoms. The van der Waals surface area contributed by atoms with Gasteiger partial charge in [0.05, 0.1) is 28.8 Å². The molecular formula is C41H35FN6S4. The summed E-state index contributed by atoms with van der Waals surface area (Å²) in [6, 6.07) is 22.3. The average Bonchev–Trinajstić information content (AvgIpc) is 3.97. The van der Waals surface area contributed by atoms with E-state index in [-0.39, 0.29) is 5.82 Å². The molecule has 0 atom stereocenters. The molecule has 0 saturated carbocycles. The monoisotopic (exact) mass is 758 g/mol. The van der Waals surface area contributed by atoms with Gasteiger partial charge in [0.1, 0.15) is 27.9 Å². The van der Waals surface area contributed by atoms with Gasteiger partial charge in [-0.15, -0.1) is 34.0 Å². The number of halogens is 1. The SMILES string of the molecule is CCc1nc2c(-c3ccc(-c4ccc(N(C)C#N)cc4)s3)c3nsnc3c(-c3cc4sc(-c5ccc(CCC(C)C)cc5F)cc4s3)c2nc1CC. The van der Waals surface area contributed by atoms with Gasteiger partial charge >= 0.3 is 0 Å². The summed E-state index contributed by atoms with van der Waals surface area (Å²) in [5, 5.41) is 9.29. The second-order valence-corrected chi connectivity index (χ2v) is 17.1. The zero-order valence-electron chi connectivity index (χ0n) is 29.5. The average molecular weight is 759 g/mol. The predicted octanol–water partition coefficient (Wildman–Crippen LogP) is 12.4. The fourth-order valence-corrected chi connectivity index (χ4v) is 10.7. The molecule has 52 heavy (non-hydrogen) atoms. The highest BCUT2D eigenvalue weighted by Gasteiger charge is 2.26. The van der Waals surface area contributed by atoms with Gasteiger partial charge in [0.15, 0.2) is 6.19 Å². The molecule has 0 N–H and O–H groups in total. The number of fused-ring (bicyclic) bond motifs is 3. The Bertz CT molecular complexity index is 2610. The van der Waals surface area contributed by atoms with Crippen LogP contribution in [0, 0.1) is 23.2 Å².